The number of fused-ring (bicyclic) bond motifs is 1. The lowest BCUT2D eigenvalue weighted by molar-refractivity contribution is -0.135. The van der Waals surface area contributed by atoms with Crippen molar-refractivity contribution < 1.29 is 24.5 Å². The highest BCUT2D eigenvalue weighted by Crippen LogP contribution is 2.38. The van der Waals surface area contributed by atoms with Crippen LogP contribution < -0.4 is 10.1 Å². The average molecular weight is 363 g/mol. The molecule has 3 N–H and O–H groups in total. The Kier molecular flexibility index (Phi) is 4.86. The number of carbonyl (C=O) groups excluding carboxylic acids is 1. The fourth-order valence-electron chi connectivity index (χ4n) is 2.50. The number of nitriles is 1. The molecule has 1 heterocycles. The Labute approximate surface area is 153 Å². The Morgan fingerprint density at radius 1 is 1.15 bits per heavy atom. The second-order valence-corrected chi connectivity index (χ2v) is 5.44. The largest absolute Gasteiger partial charge is 0.505 e. The minimum Gasteiger partial charge on any atom is -0.505 e. The number of aliphatic carboxylic acids is 1. The maximum absolute atomic E-state index is 12.2. The topological polar surface area (TPSA) is 133 Å². The highest BCUT2D eigenvalue weighted by Gasteiger charge is 2.22. The summed E-state index contributed by atoms with van der Waals surface area (Å²) in [6.07, 6.45) is 0. The molecule has 8 nitrogen and oxygen atoms in total. The molecule has 1 amide bonds. The summed E-state index contributed by atoms with van der Waals surface area (Å²) in [7, 11) is 0. The Balaban J connectivity index is 2.15. The molecule has 3 aromatic rings. The fourth-order valence-corrected chi connectivity index (χ4v) is 2.50. The van der Waals surface area contributed by atoms with Gasteiger partial charge >= 0.3 is 5.97 Å². The van der Waals surface area contributed by atoms with Crippen LogP contribution in [0.1, 0.15) is 16.2 Å². The summed E-state index contributed by atoms with van der Waals surface area (Å²) in [5.41, 5.74) is -0.550. The van der Waals surface area contributed by atoms with Crippen molar-refractivity contribution in [1.29, 1.82) is 5.26 Å². The maximum atomic E-state index is 12.2. The van der Waals surface area contributed by atoms with Crippen LogP contribution in [0.5, 0.6) is 17.2 Å². The van der Waals surface area contributed by atoms with E-state index in [9.17, 15) is 20.0 Å². The van der Waals surface area contributed by atoms with Crippen molar-refractivity contribution in [2.24, 2.45) is 0 Å². The van der Waals surface area contributed by atoms with Crippen LogP contribution >= 0.6 is 0 Å². The van der Waals surface area contributed by atoms with E-state index in [1.165, 1.54) is 0 Å². The zero-order valence-electron chi connectivity index (χ0n) is 13.8. The third-order valence-corrected chi connectivity index (χ3v) is 3.66. The molecule has 0 atom stereocenters. The van der Waals surface area contributed by atoms with E-state index in [1.807, 2.05) is 12.1 Å². The zero-order valence-corrected chi connectivity index (χ0v) is 13.8. The standard InChI is InChI=1S/C19H13N3O5/c20-9-13-12-7-4-8-14(27-11-5-2-1-3-6-11)16(12)18(25)17(22-13)19(26)21-10-15(23)24/h1-8,25H,10H2,(H,21,26)(H,23,24). The number of para-hydroxylation sites is 1. The summed E-state index contributed by atoms with van der Waals surface area (Å²) in [5, 5.41) is 31.2. The molecule has 8 heteroatoms. The van der Waals surface area contributed by atoms with Crippen molar-refractivity contribution >= 4 is 22.6 Å². The molecule has 134 valence electrons. The molecule has 0 unspecified atom stereocenters. The van der Waals surface area contributed by atoms with Crippen LogP contribution in [-0.2, 0) is 4.79 Å². The average Bonchev–Trinajstić information content (AvgIpc) is 2.67. The number of hydrogen-bond donors (Lipinski definition) is 3. The summed E-state index contributed by atoms with van der Waals surface area (Å²) < 4.78 is 5.78. The molecule has 1 aromatic heterocycles. The SMILES string of the molecule is N#Cc1nc(C(=O)NCC(=O)O)c(O)c2c(Oc3ccccc3)cccc12. The van der Waals surface area contributed by atoms with Gasteiger partial charge in [-0.1, -0.05) is 30.3 Å². The second kappa shape index (κ2) is 7.41. The van der Waals surface area contributed by atoms with Crippen LogP contribution in [0.2, 0.25) is 0 Å². The molecule has 0 spiro atoms. The normalized spacial score (nSPS) is 10.2. The van der Waals surface area contributed by atoms with Crippen molar-refractivity contribution in [3.63, 3.8) is 0 Å². The quantitative estimate of drug-likeness (QED) is 0.634. The van der Waals surface area contributed by atoms with E-state index in [0.29, 0.717) is 11.1 Å². The number of nitrogens with zero attached hydrogens (tertiary/aromatic N) is 2. The van der Waals surface area contributed by atoms with Gasteiger partial charge in [0.25, 0.3) is 5.91 Å². The first kappa shape index (κ1) is 17.7. The van der Waals surface area contributed by atoms with E-state index in [-0.39, 0.29) is 16.8 Å². The summed E-state index contributed by atoms with van der Waals surface area (Å²) in [4.78, 5) is 26.7. The number of aromatic nitrogens is 1. The minimum absolute atomic E-state index is 0.0956. The molecule has 0 aliphatic heterocycles. The first-order valence-electron chi connectivity index (χ1n) is 7.80. The highest BCUT2D eigenvalue weighted by atomic mass is 16.5. The zero-order chi connectivity index (χ0) is 19.4. The number of carbonyl (C=O) groups is 2. The molecule has 0 radical (unpaired) electrons. The van der Waals surface area contributed by atoms with Gasteiger partial charge in [-0.25, -0.2) is 4.98 Å². The molecule has 0 fully saturated rings. The molecular formula is C19H13N3O5. The number of ether oxygens (including phenoxy) is 1. The van der Waals surface area contributed by atoms with Gasteiger partial charge in [0.05, 0.1) is 5.39 Å². The Bertz CT molecular complexity index is 1070. The lowest BCUT2D eigenvalue weighted by atomic mass is 10.1. The van der Waals surface area contributed by atoms with Crippen molar-refractivity contribution in [2.75, 3.05) is 6.54 Å². The van der Waals surface area contributed by atoms with E-state index in [4.69, 9.17) is 9.84 Å². The summed E-state index contributed by atoms with van der Waals surface area (Å²) in [6.45, 7) is -0.651. The van der Waals surface area contributed by atoms with E-state index in [0.717, 1.165) is 0 Å². The summed E-state index contributed by atoms with van der Waals surface area (Å²) >= 11 is 0. The van der Waals surface area contributed by atoms with Gasteiger partial charge in [0.15, 0.2) is 11.4 Å². The predicted octanol–water partition coefficient (Wildman–Crippen LogP) is 2.42. The number of amides is 1. The van der Waals surface area contributed by atoms with Crippen LogP contribution in [0.3, 0.4) is 0 Å². The van der Waals surface area contributed by atoms with Gasteiger partial charge in [0.2, 0.25) is 0 Å². The Morgan fingerprint density at radius 2 is 1.89 bits per heavy atom. The van der Waals surface area contributed by atoms with Crippen LogP contribution in [0.15, 0.2) is 48.5 Å². The molecule has 2 aromatic carbocycles. The number of carboxylic acid groups (broad SMARTS) is 1. The molecule has 27 heavy (non-hydrogen) atoms. The van der Waals surface area contributed by atoms with Crippen molar-refractivity contribution in [3.05, 3.63) is 59.9 Å². The smallest absolute Gasteiger partial charge is 0.322 e. The fraction of sp³-hybridized carbons (Fsp3) is 0.0526. The van der Waals surface area contributed by atoms with Gasteiger partial charge in [-0.05, 0) is 18.2 Å². The maximum Gasteiger partial charge on any atom is 0.322 e. The molecule has 0 aliphatic rings. The van der Waals surface area contributed by atoms with Gasteiger partial charge in [-0.3, -0.25) is 9.59 Å². The second-order valence-electron chi connectivity index (χ2n) is 5.44. The van der Waals surface area contributed by atoms with E-state index >= 15 is 0 Å². The van der Waals surface area contributed by atoms with Crippen molar-refractivity contribution in [2.45, 2.75) is 0 Å². The van der Waals surface area contributed by atoms with E-state index in [2.05, 4.69) is 10.3 Å². The first-order chi connectivity index (χ1) is 13.0. The van der Waals surface area contributed by atoms with Crippen molar-refractivity contribution in [3.8, 4) is 23.3 Å². The third-order valence-electron chi connectivity index (χ3n) is 3.66. The number of nitrogens with one attached hydrogen (secondary N) is 1. The number of aromatic hydroxyl groups is 1. The molecule has 0 aliphatic carbocycles. The third kappa shape index (κ3) is 3.62. The van der Waals surface area contributed by atoms with Gasteiger partial charge in [0, 0.05) is 5.39 Å². The molecule has 0 saturated heterocycles. The van der Waals surface area contributed by atoms with Crippen LogP contribution in [0.25, 0.3) is 10.8 Å². The summed E-state index contributed by atoms with van der Waals surface area (Å²) in [5.74, 6) is -1.95. The first-order valence-corrected chi connectivity index (χ1v) is 7.80. The van der Waals surface area contributed by atoms with E-state index < -0.39 is 29.9 Å². The predicted molar refractivity (Wildman–Crippen MR) is 94.6 cm³/mol. The molecule has 0 saturated carbocycles. The Morgan fingerprint density at radius 3 is 2.56 bits per heavy atom. The number of pyridine rings is 1. The lowest BCUT2D eigenvalue weighted by Crippen LogP contribution is -2.30. The minimum atomic E-state index is -1.25. The molecular weight excluding hydrogens is 350 g/mol. The van der Waals surface area contributed by atoms with Gasteiger partial charge < -0.3 is 20.3 Å². The monoisotopic (exact) mass is 363 g/mol. The molecule has 3 rings (SSSR count). The number of carboxylic acids is 1. The van der Waals surface area contributed by atoms with Crippen LogP contribution in [0, 0.1) is 11.3 Å². The van der Waals surface area contributed by atoms with Crippen molar-refractivity contribution in [1.82, 2.24) is 10.3 Å². The van der Waals surface area contributed by atoms with Gasteiger partial charge in [-0.2, -0.15) is 5.26 Å². The summed E-state index contributed by atoms with van der Waals surface area (Å²) in [6, 6.07) is 15.4. The number of rotatable bonds is 5. The van der Waals surface area contributed by atoms with Crippen LogP contribution in [0.4, 0.5) is 0 Å². The highest BCUT2D eigenvalue weighted by molar-refractivity contribution is 6.05. The number of benzene rings is 2. The number of hydrogen-bond acceptors (Lipinski definition) is 6. The van der Waals surface area contributed by atoms with Gasteiger partial charge in [-0.15, -0.1) is 0 Å². The van der Waals surface area contributed by atoms with Gasteiger partial charge in [0.1, 0.15) is 29.8 Å². The molecule has 0 bridgehead atoms. The van der Waals surface area contributed by atoms with E-state index in [1.54, 1.807) is 42.5 Å². The lowest BCUT2D eigenvalue weighted by Gasteiger charge is -2.13. The van der Waals surface area contributed by atoms with Crippen LogP contribution in [-0.4, -0.2) is 33.6 Å². The Hall–Kier alpha value is -4.12.